The lowest BCUT2D eigenvalue weighted by atomic mass is 10.1. The first-order chi connectivity index (χ1) is 14.8. The van der Waals surface area contributed by atoms with Crippen molar-refractivity contribution in [1.82, 2.24) is 14.4 Å². The summed E-state index contributed by atoms with van der Waals surface area (Å²) in [5.41, 5.74) is 0.567. The van der Waals surface area contributed by atoms with Crippen LogP contribution in [0.2, 0.25) is 0 Å². The number of fused-ring (bicyclic) bond motifs is 1. The van der Waals surface area contributed by atoms with Gasteiger partial charge in [0.15, 0.2) is 23.0 Å². The molecular formula is C21H16ClF3N4O3. The van der Waals surface area contributed by atoms with Crippen LogP contribution in [0.25, 0.3) is 16.9 Å². The van der Waals surface area contributed by atoms with Gasteiger partial charge in [-0.1, -0.05) is 0 Å². The van der Waals surface area contributed by atoms with E-state index >= 15 is 0 Å². The van der Waals surface area contributed by atoms with E-state index in [0.29, 0.717) is 0 Å². The molecule has 0 fully saturated rings. The molecule has 0 bridgehead atoms. The minimum absolute atomic E-state index is 0. The van der Waals surface area contributed by atoms with Crippen molar-refractivity contribution in [3.8, 4) is 17.0 Å². The van der Waals surface area contributed by atoms with Crippen LogP contribution < -0.4 is 10.1 Å². The lowest BCUT2D eigenvalue weighted by molar-refractivity contribution is 0.0691. The molecule has 0 aliphatic carbocycles. The van der Waals surface area contributed by atoms with E-state index in [4.69, 9.17) is 9.84 Å². The predicted molar refractivity (Wildman–Crippen MR) is 114 cm³/mol. The number of hydrogen-bond acceptors (Lipinski definition) is 5. The predicted octanol–water partition coefficient (Wildman–Crippen LogP) is 4.99. The molecule has 0 aliphatic rings. The molecule has 32 heavy (non-hydrogen) atoms. The Bertz CT molecular complexity index is 1320. The number of carboxylic acids is 1. The number of anilines is 2. The SMILES string of the molecule is COc1ccc(-c2cnc3c(Nc4cc(C)c(C(=O)O)c(F)c4)nccn23)c(F)c1F.Cl. The van der Waals surface area contributed by atoms with Gasteiger partial charge in [-0.05, 0) is 36.8 Å². The number of nitrogens with one attached hydrogen (secondary N) is 1. The second-order valence-electron chi connectivity index (χ2n) is 6.64. The highest BCUT2D eigenvalue weighted by atomic mass is 35.5. The summed E-state index contributed by atoms with van der Waals surface area (Å²) >= 11 is 0. The van der Waals surface area contributed by atoms with Crippen molar-refractivity contribution in [2.45, 2.75) is 6.92 Å². The number of aryl methyl sites for hydroxylation is 1. The van der Waals surface area contributed by atoms with Crippen LogP contribution in [0.15, 0.2) is 42.9 Å². The van der Waals surface area contributed by atoms with Gasteiger partial charge in [0.2, 0.25) is 5.82 Å². The number of imidazole rings is 1. The Hall–Kier alpha value is -3.79. The van der Waals surface area contributed by atoms with Gasteiger partial charge in [0, 0.05) is 23.6 Å². The summed E-state index contributed by atoms with van der Waals surface area (Å²) in [6, 6.07) is 5.17. The molecule has 4 aromatic rings. The minimum Gasteiger partial charge on any atom is -0.494 e. The van der Waals surface area contributed by atoms with Crippen LogP contribution in [0, 0.1) is 24.4 Å². The van der Waals surface area contributed by atoms with E-state index in [9.17, 15) is 18.0 Å². The Morgan fingerprint density at radius 1 is 1.16 bits per heavy atom. The van der Waals surface area contributed by atoms with Gasteiger partial charge in [0.25, 0.3) is 0 Å². The number of aromatic carboxylic acids is 1. The third-order valence-corrected chi connectivity index (χ3v) is 4.73. The Morgan fingerprint density at radius 3 is 2.56 bits per heavy atom. The molecule has 2 heterocycles. The van der Waals surface area contributed by atoms with Crippen molar-refractivity contribution < 1.29 is 27.8 Å². The van der Waals surface area contributed by atoms with Gasteiger partial charge in [-0.3, -0.25) is 4.40 Å². The van der Waals surface area contributed by atoms with Gasteiger partial charge < -0.3 is 15.2 Å². The fourth-order valence-corrected chi connectivity index (χ4v) is 3.32. The zero-order valence-corrected chi connectivity index (χ0v) is 17.5. The topological polar surface area (TPSA) is 88.8 Å². The smallest absolute Gasteiger partial charge is 0.338 e. The van der Waals surface area contributed by atoms with Crippen molar-refractivity contribution in [2.75, 3.05) is 12.4 Å². The number of methoxy groups -OCH3 is 1. The van der Waals surface area contributed by atoms with Crippen molar-refractivity contribution in [1.29, 1.82) is 0 Å². The maximum Gasteiger partial charge on any atom is 0.338 e. The molecule has 0 spiro atoms. The number of nitrogens with zero attached hydrogens (tertiary/aromatic N) is 3. The average molecular weight is 465 g/mol. The molecule has 2 N–H and O–H groups in total. The van der Waals surface area contributed by atoms with Gasteiger partial charge in [-0.25, -0.2) is 23.5 Å². The molecule has 2 aromatic carbocycles. The summed E-state index contributed by atoms with van der Waals surface area (Å²) in [5, 5.41) is 12.0. The maximum absolute atomic E-state index is 14.6. The number of carboxylic acid groups (broad SMARTS) is 1. The van der Waals surface area contributed by atoms with E-state index in [-0.39, 0.29) is 52.1 Å². The molecule has 0 radical (unpaired) electrons. The molecule has 0 saturated heterocycles. The molecule has 0 aliphatic heterocycles. The lowest BCUT2D eigenvalue weighted by Crippen LogP contribution is -2.06. The fraction of sp³-hybridized carbons (Fsp3) is 0.0952. The second-order valence-corrected chi connectivity index (χ2v) is 6.64. The zero-order chi connectivity index (χ0) is 22.3. The van der Waals surface area contributed by atoms with Gasteiger partial charge in [0.1, 0.15) is 5.82 Å². The van der Waals surface area contributed by atoms with Crippen LogP contribution in [0.1, 0.15) is 15.9 Å². The first-order valence-electron chi connectivity index (χ1n) is 8.96. The number of carbonyl (C=O) groups is 1. The fourth-order valence-electron chi connectivity index (χ4n) is 3.32. The highest BCUT2D eigenvalue weighted by molar-refractivity contribution is 5.90. The number of ether oxygens (including phenoxy) is 1. The zero-order valence-electron chi connectivity index (χ0n) is 16.7. The standard InChI is InChI=1S/C21H15F3N4O3.ClH/c1-10-7-11(8-13(22)16(10)21(29)30)27-19-20-26-9-14(28(20)6-5-25-19)12-3-4-15(31-2)18(24)17(12)23;/h3-9H,1-2H3,(H,25,27)(H,29,30);1H. The Balaban J connectivity index is 0.00000289. The summed E-state index contributed by atoms with van der Waals surface area (Å²) in [4.78, 5) is 19.6. The maximum atomic E-state index is 14.6. The summed E-state index contributed by atoms with van der Waals surface area (Å²) in [6.45, 7) is 1.47. The number of hydrogen-bond donors (Lipinski definition) is 2. The van der Waals surface area contributed by atoms with Crippen LogP contribution in [0.3, 0.4) is 0 Å². The van der Waals surface area contributed by atoms with E-state index < -0.39 is 29.0 Å². The van der Waals surface area contributed by atoms with Crippen molar-refractivity contribution >= 4 is 35.5 Å². The van der Waals surface area contributed by atoms with Crippen molar-refractivity contribution in [2.24, 2.45) is 0 Å². The minimum atomic E-state index is -1.37. The van der Waals surface area contributed by atoms with Crippen molar-refractivity contribution in [3.05, 3.63) is 71.4 Å². The monoisotopic (exact) mass is 464 g/mol. The third kappa shape index (κ3) is 3.80. The van der Waals surface area contributed by atoms with Crippen LogP contribution >= 0.6 is 12.4 Å². The van der Waals surface area contributed by atoms with Crippen LogP contribution in [0.4, 0.5) is 24.7 Å². The van der Waals surface area contributed by atoms with E-state index in [1.165, 1.54) is 55.2 Å². The molecular weight excluding hydrogens is 449 g/mol. The molecule has 11 heteroatoms. The average Bonchev–Trinajstić information content (AvgIpc) is 3.14. The molecule has 4 rings (SSSR count). The summed E-state index contributed by atoms with van der Waals surface area (Å²) < 4.78 is 49.2. The summed E-state index contributed by atoms with van der Waals surface area (Å²) in [6.07, 6.45) is 4.28. The Kier molecular flexibility index (Phi) is 6.26. The normalized spacial score (nSPS) is 10.7. The van der Waals surface area contributed by atoms with Gasteiger partial charge in [0.05, 0.1) is 24.6 Å². The van der Waals surface area contributed by atoms with Crippen LogP contribution in [0.5, 0.6) is 5.75 Å². The Labute approximate surface area is 185 Å². The number of rotatable bonds is 5. The van der Waals surface area contributed by atoms with Crippen LogP contribution in [-0.2, 0) is 0 Å². The van der Waals surface area contributed by atoms with E-state index in [0.717, 1.165) is 6.07 Å². The molecule has 0 amide bonds. The van der Waals surface area contributed by atoms with E-state index in [1.807, 2.05) is 0 Å². The van der Waals surface area contributed by atoms with Crippen LogP contribution in [-0.4, -0.2) is 32.6 Å². The number of aromatic nitrogens is 3. The third-order valence-electron chi connectivity index (χ3n) is 4.73. The molecule has 0 unspecified atom stereocenters. The Morgan fingerprint density at radius 2 is 1.91 bits per heavy atom. The molecule has 0 saturated carbocycles. The van der Waals surface area contributed by atoms with Gasteiger partial charge in [-0.15, -0.1) is 12.4 Å². The highest BCUT2D eigenvalue weighted by Crippen LogP contribution is 2.31. The first-order valence-corrected chi connectivity index (χ1v) is 8.96. The second kappa shape index (κ2) is 8.75. The van der Waals surface area contributed by atoms with Gasteiger partial charge in [-0.2, -0.15) is 4.39 Å². The molecule has 2 aromatic heterocycles. The highest BCUT2D eigenvalue weighted by Gasteiger charge is 2.20. The quantitative estimate of drug-likeness (QED) is 0.432. The molecule has 7 nitrogen and oxygen atoms in total. The first kappa shape index (κ1) is 22.9. The molecule has 166 valence electrons. The number of benzene rings is 2. The van der Waals surface area contributed by atoms with Crippen molar-refractivity contribution in [3.63, 3.8) is 0 Å². The lowest BCUT2D eigenvalue weighted by Gasteiger charge is -2.11. The number of halogens is 4. The largest absolute Gasteiger partial charge is 0.494 e. The van der Waals surface area contributed by atoms with E-state index in [1.54, 1.807) is 0 Å². The summed E-state index contributed by atoms with van der Waals surface area (Å²) in [5.74, 6) is -4.48. The van der Waals surface area contributed by atoms with Gasteiger partial charge >= 0.3 is 5.97 Å². The summed E-state index contributed by atoms with van der Waals surface area (Å²) in [7, 11) is 1.24. The molecule has 0 atom stereocenters. The van der Waals surface area contributed by atoms with E-state index in [2.05, 4.69) is 15.3 Å².